The summed E-state index contributed by atoms with van der Waals surface area (Å²) in [7, 11) is 0. The maximum atomic E-state index is 10.2. The number of fused-ring (bicyclic) bond motifs is 1. The Balaban J connectivity index is 2.15. The number of aromatic hydroxyl groups is 1. The Morgan fingerprint density at radius 3 is 2.75 bits per heavy atom. The van der Waals surface area contributed by atoms with Crippen LogP contribution in [0.5, 0.6) is 5.75 Å². The van der Waals surface area contributed by atoms with Crippen molar-refractivity contribution >= 4 is 23.3 Å². The molecule has 0 bridgehead atoms. The summed E-state index contributed by atoms with van der Waals surface area (Å²) in [5, 5.41) is 10.2. The van der Waals surface area contributed by atoms with Crippen LogP contribution in [0.3, 0.4) is 0 Å². The molecule has 3 rings (SSSR count). The maximum Gasteiger partial charge on any atom is 0.269 e. The monoisotopic (exact) mass is 285 g/mol. The molecular weight excluding hydrogens is 270 g/mol. The van der Waals surface area contributed by atoms with Crippen LogP contribution in [0.1, 0.15) is 16.7 Å². The van der Waals surface area contributed by atoms with E-state index in [0.29, 0.717) is 17.1 Å². The van der Waals surface area contributed by atoms with E-state index >= 15 is 0 Å². The van der Waals surface area contributed by atoms with Gasteiger partial charge in [0.05, 0.1) is 12.1 Å². The number of aromatic nitrogens is 1. The number of hydrogen-bond acceptors (Lipinski definition) is 3. The van der Waals surface area contributed by atoms with E-state index in [1.54, 1.807) is 0 Å². The molecule has 0 saturated carbocycles. The van der Waals surface area contributed by atoms with Gasteiger partial charge in [-0.2, -0.15) is 0 Å². The number of aryl methyl sites for hydroxylation is 2. The zero-order valence-corrected chi connectivity index (χ0v) is 12.2. The highest BCUT2D eigenvalue weighted by Crippen LogP contribution is 2.26. The molecule has 0 amide bonds. The maximum absolute atomic E-state index is 10.2. The van der Waals surface area contributed by atoms with Gasteiger partial charge in [-0.25, -0.2) is 0 Å². The molecule has 20 heavy (non-hydrogen) atoms. The van der Waals surface area contributed by atoms with E-state index in [1.165, 1.54) is 0 Å². The lowest BCUT2D eigenvalue weighted by Gasteiger charge is -2.10. The molecule has 2 aromatic carbocycles. The largest absolute Gasteiger partial charge is 0.507 e. The molecule has 0 aliphatic carbocycles. The zero-order chi connectivity index (χ0) is 14.3. The summed E-state index contributed by atoms with van der Waals surface area (Å²) in [5.41, 5.74) is 4.55. The smallest absolute Gasteiger partial charge is 0.269 e. The Labute approximate surface area is 122 Å². The molecule has 102 valence electrons. The fourth-order valence-electron chi connectivity index (χ4n) is 2.50. The van der Waals surface area contributed by atoms with Gasteiger partial charge < -0.3 is 9.52 Å². The highest BCUT2D eigenvalue weighted by atomic mass is 32.1. The molecule has 0 atom stereocenters. The predicted octanol–water partition coefficient (Wildman–Crippen LogP) is 4.33. The van der Waals surface area contributed by atoms with Crippen molar-refractivity contribution in [1.29, 1.82) is 0 Å². The molecule has 3 aromatic rings. The van der Waals surface area contributed by atoms with Crippen molar-refractivity contribution in [3.05, 3.63) is 57.9 Å². The quantitative estimate of drug-likeness (QED) is 0.712. The van der Waals surface area contributed by atoms with Crippen LogP contribution in [-0.2, 0) is 6.54 Å². The summed E-state index contributed by atoms with van der Waals surface area (Å²) in [4.78, 5) is 0.421. The van der Waals surface area contributed by atoms with Crippen LogP contribution in [0.25, 0.3) is 11.1 Å². The van der Waals surface area contributed by atoms with Gasteiger partial charge in [-0.15, -0.1) is 0 Å². The second-order valence-corrected chi connectivity index (χ2v) is 5.36. The Bertz CT molecular complexity index is 845. The first-order valence-electron chi connectivity index (χ1n) is 6.44. The number of nitrogens with zero attached hydrogens (tertiary/aromatic N) is 1. The molecule has 1 heterocycles. The zero-order valence-electron chi connectivity index (χ0n) is 11.4. The van der Waals surface area contributed by atoms with E-state index < -0.39 is 0 Å². The fraction of sp³-hybridized carbons (Fsp3) is 0.188. The summed E-state index contributed by atoms with van der Waals surface area (Å²) in [6, 6.07) is 11.7. The highest BCUT2D eigenvalue weighted by molar-refractivity contribution is 7.71. The van der Waals surface area contributed by atoms with E-state index in [4.69, 9.17) is 16.6 Å². The summed E-state index contributed by atoms with van der Waals surface area (Å²) in [6.07, 6.45) is 0. The first-order chi connectivity index (χ1) is 9.56. The van der Waals surface area contributed by atoms with E-state index in [1.807, 2.05) is 54.8 Å². The van der Waals surface area contributed by atoms with Gasteiger partial charge in [0.2, 0.25) is 0 Å². The minimum atomic E-state index is 0.322. The first-order valence-corrected chi connectivity index (χ1v) is 6.84. The van der Waals surface area contributed by atoms with E-state index in [-0.39, 0.29) is 0 Å². The van der Waals surface area contributed by atoms with Crippen LogP contribution < -0.4 is 0 Å². The number of phenolic OH excluding ortho intramolecular Hbond substituents is 1. The van der Waals surface area contributed by atoms with Crippen LogP contribution in [-0.4, -0.2) is 9.67 Å². The van der Waals surface area contributed by atoms with Gasteiger partial charge in [0.15, 0.2) is 5.58 Å². The molecule has 3 nitrogen and oxygen atoms in total. The molecule has 0 aliphatic rings. The second kappa shape index (κ2) is 4.80. The minimum absolute atomic E-state index is 0.322. The van der Waals surface area contributed by atoms with Crippen molar-refractivity contribution in [2.24, 2.45) is 0 Å². The molecule has 0 radical (unpaired) electrons. The van der Waals surface area contributed by atoms with Gasteiger partial charge >= 0.3 is 0 Å². The molecule has 0 spiro atoms. The van der Waals surface area contributed by atoms with Crippen LogP contribution in [0, 0.1) is 18.7 Å². The molecular formula is C16H15NO2S. The molecule has 0 unspecified atom stereocenters. The lowest BCUT2D eigenvalue weighted by Crippen LogP contribution is -2.01. The van der Waals surface area contributed by atoms with Crippen LogP contribution in [0.15, 0.2) is 40.8 Å². The van der Waals surface area contributed by atoms with E-state index in [9.17, 15) is 5.11 Å². The van der Waals surface area contributed by atoms with Crippen molar-refractivity contribution in [3.63, 3.8) is 0 Å². The highest BCUT2D eigenvalue weighted by Gasteiger charge is 2.11. The normalized spacial score (nSPS) is 11.1. The van der Waals surface area contributed by atoms with E-state index in [0.717, 1.165) is 27.8 Å². The van der Waals surface area contributed by atoms with Crippen molar-refractivity contribution in [3.8, 4) is 5.75 Å². The van der Waals surface area contributed by atoms with Gasteiger partial charge in [-0.05, 0) is 43.8 Å². The SMILES string of the molecule is Cc1cc(C)c(O)c(Cn2c(=S)oc3ccccc32)c1. The standard InChI is InChI=1S/C16H15NO2S/c1-10-7-11(2)15(18)12(8-10)9-17-13-5-3-4-6-14(13)19-16(17)20/h3-8,18H,9H2,1-2H3. The van der Waals surface area contributed by atoms with Crippen molar-refractivity contribution in [2.75, 3.05) is 0 Å². The Morgan fingerprint density at radius 1 is 1.20 bits per heavy atom. The first kappa shape index (κ1) is 12.9. The van der Waals surface area contributed by atoms with Crippen LogP contribution in [0.2, 0.25) is 0 Å². The number of phenols is 1. The third kappa shape index (κ3) is 2.12. The van der Waals surface area contributed by atoms with Gasteiger partial charge in [0.1, 0.15) is 5.75 Å². The summed E-state index contributed by atoms with van der Waals surface area (Å²) in [6.45, 7) is 4.42. The molecule has 0 saturated heterocycles. The third-order valence-corrected chi connectivity index (χ3v) is 3.73. The predicted molar refractivity (Wildman–Crippen MR) is 81.7 cm³/mol. The lowest BCUT2D eigenvalue weighted by molar-refractivity contribution is 0.460. The van der Waals surface area contributed by atoms with Crippen LogP contribution in [0.4, 0.5) is 0 Å². The molecule has 1 aromatic heterocycles. The Morgan fingerprint density at radius 2 is 1.95 bits per heavy atom. The summed E-state index contributed by atoms with van der Waals surface area (Å²) >= 11 is 5.28. The molecule has 0 aliphatic heterocycles. The number of para-hydroxylation sites is 2. The minimum Gasteiger partial charge on any atom is -0.507 e. The van der Waals surface area contributed by atoms with Gasteiger partial charge in [-0.1, -0.05) is 29.8 Å². The number of hydrogen-bond donors (Lipinski definition) is 1. The number of benzene rings is 2. The van der Waals surface area contributed by atoms with Crippen molar-refractivity contribution < 1.29 is 9.52 Å². The van der Waals surface area contributed by atoms with Crippen molar-refractivity contribution in [1.82, 2.24) is 4.57 Å². The third-order valence-electron chi connectivity index (χ3n) is 3.43. The summed E-state index contributed by atoms with van der Waals surface area (Å²) in [5.74, 6) is 0.322. The van der Waals surface area contributed by atoms with Gasteiger partial charge in [0.25, 0.3) is 4.84 Å². The number of oxazole rings is 1. The Hall–Kier alpha value is -2.07. The number of rotatable bonds is 2. The lowest BCUT2D eigenvalue weighted by atomic mass is 10.1. The van der Waals surface area contributed by atoms with Gasteiger partial charge in [0, 0.05) is 5.56 Å². The van der Waals surface area contributed by atoms with Crippen molar-refractivity contribution in [2.45, 2.75) is 20.4 Å². The van der Waals surface area contributed by atoms with E-state index in [2.05, 4.69) is 0 Å². The van der Waals surface area contributed by atoms with Gasteiger partial charge in [-0.3, -0.25) is 4.57 Å². The van der Waals surface area contributed by atoms with Crippen LogP contribution >= 0.6 is 12.2 Å². The second-order valence-electron chi connectivity index (χ2n) is 5.01. The topological polar surface area (TPSA) is 38.3 Å². The summed E-state index contributed by atoms with van der Waals surface area (Å²) < 4.78 is 7.47. The Kier molecular flexibility index (Phi) is 3.10. The molecule has 0 fully saturated rings. The average molecular weight is 285 g/mol. The fourth-order valence-corrected chi connectivity index (χ4v) is 2.76. The average Bonchev–Trinajstić information content (AvgIpc) is 2.72. The molecule has 4 heteroatoms. The molecule has 1 N–H and O–H groups in total.